The number of halogens is 2. The van der Waals surface area contributed by atoms with Crippen LogP contribution < -0.4 is 10.1 Å². The van der Waals surface area contributed by atoms with Crippen molar-refractivity contribution in [2.75, 3.05) is 25.5 Å². The topological polar surface area (TPSA) is 102 Å². The smallest absolute Gasteiger partial charge is 0.248 e. The van der Waals surface area contributed by atoms with Crippen LogP contribution in [0.5, 0.6) is 5.75 Å². The van der Waals surface area contributed by atoms with Gasteiger partial charge in [-0.2, -0.15) is 4.31 Å². The van der Waals surface area contributed by atoms with Crippen molar-refractivity contribution in [2.45, 2.75) is 24.7 Å². The van der Waals surface area contributed by atoms with Gasteiger partial charge in [-0.25, -0.2) is 12.8 Å². The molecule has 1 fully saturated rings. The van der Waals surface area contributed by atoms with E-state index < -0.39 is 15.8 Å². The zero-order valence-corrected chi connectivity index (χ0v) is 21.3. The highest BCUT2D eigenvalue weighted by atomic mass is 35.5. The van der Waals surface area contributed by atoms with Crippen LogP contribution in [0.3, 0.4) is 0 Å². The fraction of sp³-hybridized carbons (Fsp3) is 0.280. The fourth-order valence-electron chi connectivity index (χ4n) is 4.07. The van der Waals surface area contributed by atoms with E-state index in [2.05, 4.69) is 10.5 Å². The first-order valence-electron chi connectivity index (χ1n) is 11.2. The van der Waals surface area contributed by atoms with Crippen LogP contribution in [0, 0.1) is 18.7 Å². The van der Waals surface area contributed by atoms with Crippen molar-refractivity contribution < 1.29 is 26.9 Å². The molecule has 2 aromatic carbocycles. The standard InChI is InChI=1S/C25H25ClFN3O5S/c1-16-24(23(35-29-16)9-7-17-5-3-4-6-20(17)27)36(32,33)30-13-11-18(12-14-30)25(31)28-21-15-19(26)8-10-22(21)34-2/h3-10,15,18H,11-14H2,1-2H3,(H,28,31). The predicted octanol–water partition coefficient (Wildman–Crippen LogP) is 4.99. The molecule has 0 unspecified atom stereocenters. The number of piperidine rings is 1. The maximum Gasteiger partial charge on any atom is 0.248 e. The Hall–Kier alpha value is -3.21. The van der Waals surface area contributed by atoms with Gasteiger partial charge in [-0.3, -0.25) is 4.79 Å². The summed E-state index contributed by atoms with van der Waals surface area (Å²) in [7, 11) is -2.46. The molecule has 1 saturated heterocycles. The molecule has 0 radical (unpaired) electrons. The quantitative estimate of drug-likeness (QED) is 0.459. The van der Waals surface area contributed by atoms with Crippen LogP contribution in [0.2, 0.25) is 5.02 Å². The third kappa shape index (κ3) is 5.45. The minimum atomic E-state index is -3.96. The summed E-state index contributed by atoms with van der Waals surface area (Å²) in [6, 6.07) is 11.0. The number of hydrogen-bond donors (Lipinski definition) is 1. The van der Waals surface area contributed by atoms with Crippen molar-refractivity contribution in [1.82, 2.24) is 9.46 Å². The molecule has 0 atom stereocenters. The zero-order chi connectivity index (χ0) is 25.9. The number of anilines is 1. The minimum Gasteiger partial charge on any atom is -0.495 e. The molecule has 4 rings (SSSR count). The van der Waals surface area contributed by atoms with Gasteiger partial charge in [-0.15, -0.1) is 0 Å². The van der Waals surface area contributed by atoms with Gasteiger partial charge in [0.25, 0.3) is 0 Å². The Balaban J connectivity index is 1.46. The van der Waals surface area contributed by atoms with Crippen LogP contribution in [0.25, 0.3) is 12.2 Å². The van der Waals surface area contributed by atoms with Gasteiger partial charge in [0.2, 0.25) is 15.9 Å². The average Bonchev–Trinajstić information content (AvgIpc) is 3.24. The number of aryl methyl sites for hydroxylation is 1. The van der Waals surface area contributed by atoms with E-state index >= 15 is 0 Å². The maximum absolute atomic E-state index is 14.0. The molecule has 3 aromatic rings. The average molecular weight is 534 g/mol. The highest BCUT2D eigenvalue weighted by molar-refractivity contribution is 7.89. The first-order valence-corrected chi connectivity index (χ1v) is 13.1. The Labute approximate surface area is 213 Å². The molecule has 8 nitrogen and oxygen atoms in total. The Morgan fingerprint density at radius 2 is 1.94 bits per heavy atom. The third-order valence-electron chi connectivity index (χ3n) is 5.99. The van der Waals surface area contributed by atoms with E-state index in [1.54, 1.807) is 36.4 Å². The minimum absolute atomic E-state index is 0.0173. The van der Waals surface area contributed by atoms with Crippen LogP contribution in [0.15, 0.2) is 51.9 Å². The van der Waals surface area contributed by atoms with Crippen LogP contribution in [0.4, 0.5) is 10.1 Å². The van der Waals surface area contributed by atoms with Crippen LogP contribution in [-0.4, -0.2) is 44.0 Å². The number of nitrogens with zero attached hydrogens (tertiary/aromatic N) is 2. The molecule has 1 aliphatic heterocycles. The van der Waals surface area contributed by atoms with Gasteiger partial charge in [0.1, 0.15) is 17.3 Å². The number of carbonyl (C=O) groups is 1. The molecule has 0 aliphatic carbocycles. The third-order valence-corrected chi connectivity index (χ3v) is 8.29. The lowest BCUT2D eigenvalue weighted by molar-refractivity contribution is -0.120. The van der Waals surface area contributed by atoms with Gasteiger partial charge in [0, 0.05) is 29.6 Å². The zero-order valence-electron chi connectivity index (χ0n) is 19.7. The summed E-state index contributed by atoms with van der Waals surface area (Å²) < 4.78 is 52.7. The summed E-state index contributed by atoms with van der Waals surface area (Å²) in [5.41, 5.74) is 0.950. The number of sulfonamides is 1. The van der Waals surface area contributed by atoms with Crippen molar-refractivity contribution >= 4 is 45.4 Å². The monoisotopic (exact) mass is 533 g/mol. The first kappa shape index (κ1) is 25.9. The summed E-state index contributed by atoms with van der Waals surface area (Å²) >= 11 is 6.04. The molecule has 0 bridgehead atoms. The summed E-state index contributed by atoms with van der Waals surface area (Å²) in [6.07, 6.45) is 3.50. The van der Waals surface area contributed by atoms with Crippen molar-refractivity contribution in [3.05, 3.63) is 70.3 Å². The molecule has 1 N–H and O–H groups in total. The van der Waals surface area contributed by atoms with E-state index in [0.29, 0.717) is 29.3 Å². The van der Waals surface area contributed by atoms with Gasteiger partial charge in [-0.05, 0) is 56.2 Å². The molecule has 190 valence electrons. The Morgan fingerprint density at radius 1 is 1.22 bits per heavy atom. The molecule has 36 heavy (non-hydrogen) atoms. The molecular formula is C25H25ClFN3O5S. The van der Waals surface area contributed by atoms with Crippen LogP contribution >= 0.6 is 11.6 Å². The molecule has 1 aromatic heterocycles. The SMILES string of the molecule is COc1ccc(Cl)cc1NC(=O)C1CCN(S(=O)(=O)c2c(C)noc2C=Cc2ccccc2F)CC1. The fourth-order valence-corrected chi connectivity index (χ4v) is 5.97. The van der Waals surface area contributed by atoms with Crippen LogP contribution in [-0.2, 0) is 14.8 Å². The molecule has 2 heterocycles. The van der Waals surface area contributed by atoms with Crippen molar-refractivity contribution in [3.63, 3.8) is 0 Å². The molecular weight excluding hydrogens is 509 g/mol. The number of nitrogens with one attached hydrogen (secondary N) is 1. The number of ether oxygens (including phenoxy) is 1. The molecule has 1 amide bonds. The van der Waals surface area contributed by atoms with Crippen LogP contribution in [0.1, 0.15) is 29.9 Å². The van der Waals surface area contributed by atoms with Crippen molar-refractivity contribution in [2.24, 2.45) is 5.92 Å². The second-order valence-electron chi connectivity index (χ2n) is 8.33. The lowest BCUT2D eigenvalue weighted by Gasteiger charge is -2.30. The number of amides is 1. The Morgan fingerprint density at radius 3 is 2.64 bits per heavy atom. The second kappa shape index (κ2) is 10.8. The normalized spacial score (nSPS) is 15.3. The Kier molecular flexibility index (Phi) is 7.77. The number of hydrogen-bond acceptors (Lipinski definition) is 6. The number of rotatable bonds is 7. The number of benzene rings is 2. The van der Waals surface area contributed by atoms with Gasteiger partial charge in [-0.1, -0.05) is 35.0 Å². The molecule has 11 heteroatoms. The van der Waals surface area contributed by atoms with E-state index in [-0.39, 0.29) is 46.8 Å². The molecule has 0 saturated carbocycles. The summed E-state index contributed by atoms with van der Waals surface area (Å²) in [5.74, 6) is -0.563. The lowest BCUT2D eigenvalue weighted by atomic mass is 9.97. The van der Waals surface area contributed by atoms with Gasteiger partial charge in [0.05, 0.1) is 12.8 Å². The summed E-state index contributed by atoms with van der Waals surface area (Å²) in [5, 5.41) is 7.09. The highest BCUT2D eigenvalue weighted by Crippen LogP contribution is 2.32. The van der Waals surface area contributed by atoms with E-state index in [9.17, 15) is 17.6 Å². The van der Waals surface area contributed by atoms with E-state index in [0.717, 1.165) is 0 Å². The largest absolute Gasteiger partial charge is 0.495 e. The van der Waals surface area contributed by atoms with E-state index in [4.69, 9.17) is 20.9 Å². The van der Waals surface area contributed by atoms with Gasteiger partial charge in [0.15, 0.2) is 10.7 Å². The van der Waals surface area contributed by atoms with Crippen molar-refractivity contribution in [3.8, 4) is 5.75 Å². The molecule has 0 spiro atoms. The van der Waals surface area contributed by atoms with Gasteiger partial charge < -0.3 is 14.6 Å². The van der Waals surface area contributed by atoms with E-state index in [1.165, 1.54) is 36.6 Å². The van der Waals surface area contributed by atoms with Crippen molar-refractivity contribution in [1.29, 1.82) is 0 Å². The van der Waals surface area contributed by atoms with E-state index in [1.807, 2.05) is 0 Å². The number of methoxy groups -OCH3 is 1. The summed E-state index contributed by atoms with van der Waals surface area (Å²) in [4.78, 5) is 12.8. The highest BCUT2D eigenvalue weighted by Gasteiger charge is 2.36. The first-order chi connectivity index (χ1) is 17.2. The summed E-state index contributed by atoms with van der Waals surface area (Å²) in [6.45, 7) is 1.83. The number of aromatic nitrogens is 1. The Bertz CT molecular complexity index is 1400. The lowest BCUT2D eigenvalue weighted by Crippen LogP contribution is -2.41. The predicted molar refractivity (Wildman–Crippen MR) is 135 cm³/mol. The second-order valence-corrected chi connectivity index (χ2v) is 10.6. The maximum atomic E-state index is 14.0. The molecule has 1 aliphatic rings. The van der Waals surface area contributed by atoms with Gasteiger partial charge >= 0.3 is 0 Å². The number of carbonyl (C=O) groups excluding carboxylic acids is 1.